The fourth-order valence-corrected chi connectivity index (χ4v) is 4.04. The number of fused-ring (bicyclic) bond motifs is 2. The van der Waals surface area contributed by atoms with E-state index in [1.165, 1.54) is 14.8 Å². The minimum absolute atomic E-state index is 0.764. The van der Waals surface area contributed by atoms with E-state index < -0.39 is 0 Å². The van der Waals surface area contributed by atoms with Gasteiger partial charge in [0.2, 0.25) is 0 Å². The van der Waals surface area contributed by atoms with Crippen LogP contribution in [-0.2, 0) is 0 Å². The number of hydrogen-bond donors (Lipinski definition) is 0. The highest BCUT2D eigenvalue weighted by atomic mass is 35.5. The monoisotopic (exact) mass is 344 g/mol. The van der Waals surface area contributed by atoms with Gasteiger partial charge in [-0.1, -0.05) is 43.6 Å². The predicted octanol–water partition coefficient (Wildman–Crippen LogP) is 4.95. The van der Waals surface area contributed by atoms with E-state index in [4.69, 9.17) is 16.6 Å². The van der Waals surface area contributed by atoms with Crippen LogP contribution in [0.5, 0.6) is 0 Å². The Labute approximate surface area is 146 Å². The first kappa shape index (κ1) is 16.4. The summed E-state index contributed by atoms with van der Waals surface area (Å²) in [6.07, 6.45) is 0. The minimum Gasteiger partial charge on any atom is -0.302 e. The highest BCUT2D eigenvalue weighted by molar-refractivity contribution is 7.24. The van der Waals surface area contributed by atoms with Crippen LogP contribution in [0.4, 0.5) is 0 Å². The Morgan fingerprint density at radius 1 is 1.00 bits per heavy atom. The zero-order valence-corrected chi connectivity index (χ0v) is 15.1. The first-order valence-corrected chi connectivity index (χ1v) is 9.26. The van der Waals surface area contributed by atoms with Crippen molar-refractivity contribution in [3.63, 3.8) is 0 Å². The average Bonchev–Trinajstić information content (AvgIpc) is 2.58. The fraction of sp³-hybridized carbons (Fsp3) is 0.316. The Bertz CT molecular complexity index is 881. The normalized spacial score (nSPS) is 12.6. The highest BCUT2D eigenvalue weighted by Crippen LogP contribution is 2.26. The van der Waals surface area contributed by atoms with Crippen molar-refractivity contribution in [3.05, 3.63) is 52.8 Å². The Morgan fingerprint density at radius 3 is 2.52 bits per heavy atom. The lowest BCUT2D eigenvalue weighted by molar-refractivity contribution is 0.312. The Hall–Kier alpha value is -1.42. The molecule has 0 amide bonds. The molecule has 0 bridgehead atoms. The summed E-state index contributed by atoms with van der Waals surface area (Å²) >= 11 is 8.02. The second-order valence-corrected chi connectivity index (χ2v) is 7.02. The smallest absolute Gasteiger partial charge is 0.0748 e. The molecule has 1 aromatic heterocycles. The van der Waals surface area contributed by atoms with Crippen LogP contribution in [0.15, 0.2) is 47.5 Å². The van der Waals surface area contributed by atoms with Gasteiger partial charge in [-0.3, -0.25) is 4.99 Å². The zero-order chi connectivity index (χ0) is 16.2. The largest absolute Gasteiger partial charge is 0.302 e. The van der Waals surface area contributed by atoms with Crippen LogP contribution >= 0.6 is 22.9 Å². The molecule has 120 valence electrons. The lowest BCUT2D eigenvalue weighted by Crippen LogP contribution is -2.26. The van der Waals surface area contributed by atoms with Gasteiger partial charge in [0.15, 0.2) is 0 Å². The van der Waals surface area contributed by atoms with Gasteiger partial charge in [0.05, 0.1) is 11.9 Å². The number of hydrogen-bond acceptors (Lipinski definition) is 3. The standard InChI is InChI=1S/C19H21ClN2S/c1-3-22(4-2)12-11-21-19-15-7-5-6-8-17(15)23-18-10-9-14(20)13-16(18)19/h5-10,13H,3-4,11-12H2,1-2H3/b21-19+. The van der Waals surface area contributed by atoms with Crippen LogP contribution in [0.1, 0.15) is 13.8 Å². The summed E-state index contributed by atoms with van der Waals surface area (Å²) in [5.74, 6) is 0. The van der Waals surface area contributed by atoms with E-state index in [1.807, 2.05) is 12.1 Å². The SMILES string of the molecule is CCN(CC)CC/N=c1\c2ccccc2sc2ccc(Cl)cc12. The van der Waals surface area contributed by atoms with E-state index in [1.54, 1.807) is 11.3 Å². The molecule has 0 atom stereocenters. The number of nitrogens with zero attached hydrogens (tertiary/aromatic N) is 2. The third-order valence-electron chi connectivity index (χ3n) is 4.14. The molecule has 2 aromatic carbocycles. The third kappa shape index (κ3) is 3.57. The van der Waals surface area contributed by atoms with Crippen LogP contribution in [0, 0.1) is 0 Å². The van der Waals surface area contributed by atoms with Gasteiger partial charge in [0.1, 0.15) is 0 Å². The van der Waals surface area contributed by atoms with Gasteiger partial charge < -0.3 is 4.90 Å². The van der Waals surface area contributed by atoms with E-state index >= 15 is 0 Å². The average molecular weight is 345 g/mol. The van der Waals surface area contributed by atoms with Crippen molar-refractivity contribution >= 4 is 43.1 Å². The summed E-state index contributed by atoms with van der Waals surface area (Å²) in [6, 6.07) is 14.6. The van der Waals surface area contributed by atoms with Gasteiger partial charge in [-0.2, -0.15) is 0 Å². The van der Waals surface area contributed by atoms with E-state index in [2.05, 4.69) is 49.1 Å². The summed E-state index contributed by atoms with van der Waals surface area (Å²) in [6.45, 7) is 8.31. The Balaban J connectivity index is 2.15. The second kappa shape index (κ2) is 7.43. The van der Waals surface area contributed by atoms with E-state index in [9.17, 15) is 0 Å². The molecule has 0 unspecified atom stereocenters. The summed E-state index contributed by atoms with van der Waals surface area (Å²) in [7, 11) is 0. The topological polar surface area (TPSA) is 15.6 Å². The van der Waals surface area contributed by atoms with E-state index in [-0.39, 0.29) is 0 Å². The van der Waals surface area contributed by atoms with Gasteiger partial charge in [-0.25, -0.2) is 0 Å². The van der Waals surface area contributed by atoms with Gasteiger partial charge >= 0.3 is 0 Å². The third-order valence-corrected chi connectivity index (χ3v) is 5.53. The summed E-state index contributed by atoms with van der Waals surface area (Å²) in [4.78, 5) is 7.34. The van der Waals surface area contributed by atoms with Crippen LogP contribution < -0.4 is 5.36 Å². The minimum atomic E-state index is 0.764. The highest BCUT2D eigenvalue weighted by Gasteiger charge is 2.05. The molecule has 0 aliphatic rings. The summed E-state index contributed by atoms with van der Waals surface area (Å²) < 4.78 is 2.50. The van der Waals surface area contributed by atoms with Crippen molar-refractivity contribution in [1.82, 2.24) is 4.90 Å². The van der Waals surface area contributed by atoms with E-state index in [0.29, 0.717) is 0 Å². The molecule has 3 aromatic rings. The number of rotatable bonds is 5. The Morgan fingerprint density at radius 2 is 1.74 bits per heavy atom. The molecule has 0 radical (unpaired) electrons. The van der Waals surface area contributed by atoms with Crippen molar-refractivity contribution in [2.75, 3.05) is 26.2 Å². The molecule has 0 fully saturated rings. The molecular formula is C19H21ClN2S. The molecule has 0 saturated heterocycles. The molecular weight excluding hydrogens is 324 g/mol. The molecule has 4 heteroatoms. The molecule has 0 saturated carbocycles. The molecule has 3 rings (SSSR count). The summed E-state index contributed by atoms with van der Waals surface area (Å²) in [5.41, 5.74) is 0. The van der Waals surface area contributed by atoms with E-state index in [0.717, 1.165) is 41.9 Å². The first-order chi connectivity index (χ1) is 11.2. The first-order valence-electron chi connectivity index (χ1n) is 8.07. The van der Waals surface area contributed by atoms with Crippen LogP contribution in [0.3, 0.4) is 0 Å². The van der Waals surface area contributed by atoms with Gasteiger partial charge in [0.25, 0.3) is 0 Å². The number of benzene rings is 2. The zero-order valence-electron chi connectivity index (χ0n) is 13.6. The maximum absolute atomic E-state index is 6.23. The number of halogens is 1. The van der Waals surface area contributed by atoms with Gasteiger partial charge in [0, 0.05) is 31.7 Å². The van der Waals surface area contributed by atoms with Crippen LogP contribution in [0.2, 0.25) is 5.02 Å². The maximum atomic E-state index is 6.23. The quantitative estimate of drug-likeness (QED) is 0.598. The van der Waals surface area contributed by atoms with Crippen LogP contribution in [-0.4, -0.2) is 31.1 Å². The lowest BCUT2D eigenvalue weighted by atomic mass is 10.2. The van der Waals surface area contributed by atoms with Crippen molar-refractivity contribution < 1.29 is 0 Å². The van der Waals surface area contributed by atoms with Gasteiger partial charge in [-0.15, -0.1) is 11.3 Å². The molecule has 0 aliphatic carbocycles. The van der Waals surface area contributed by atoms with Crippen molar-refractivity contribution in [2.45, 2.75) is 13.8 Å². The molecule has 2 nitrogen and oxygen atoms in total. The van der Waals surface area contributed by atoms with Crippen molar-refractivity contribution in [2.24, 2.45) is 4.99 Å². The van der Waals surface area contributed by atoms with Crippen LogP contribution in [0.25, 0.3) is 20.2 Å². The predicted molar refractivity (Wildman–Crippen MR) is 103 cm³/mol. The molecule has 0 aliphatic heterocycles. The van der Waals surface area contributed by atoms with Gasteiger partial charge in [-0.05, 0) is 37.4 Å². The maximum Gasteiger partial charge on any atom is 0.0748 e. The van der Waals surface area contributed by atoms with Crippen molar-refractivity contribution in [1.29, 1.82) is 0 Å². The molecule has 23 heavy (non-hydrogen) atoms. The Kier molecular flexibility index (Phi) is 5.31. The molecule has 1 heterocycles. The lowest BCUT2D eigenvalue weighted by Gasteiger charge is -2.16. The second-order valence-electron chi connectivity index (χ2n) is 5.50. The summed E-state index contributed by atoms with van der Waals surface area (Å²) in [5, 5.41) is 4.21. The molecule has 0 spiro atoms. The fourth-order valence-electron chi connectivity index (χ4n) is 2.80. The number of likely N-dealkylation sites (N-methyl/N-ethyl adjacent to an activating group) is 1. The molecule has 0 N–H and O–H groups in total. The van der Waals surface area contributed by atoms with Crippen molar-refractivity contribution in [3.8, 4) is 0 Å².